The molecule has 0 unspecified atom stereocenters. The summed E-state index contributed by atoms with van der Waals surface area (Å²) in [5.74, 6) is 0. The third-order valence-electron chi connectivity index (χ3n) is 5.03. The predicted molar refractivity (Wildman–Crippen MR) is 104 cm³/mol. The summed E-state index contributed by atoms with van der Waals surface area (Å²) < 4.78 is 34.2. The van der Waals surface area contributed by atoms with Gasteiger partial charge in [-0.1, -0.05) is 30.7 Å². The van der Waals surface area contributed by atoms with E-state index >= 15 is 0 Å². The van der Waals surface area contributed by atoms with Crippen LogP contribution in [0.25, 0.3) is 10.2 Å². The molecule has 0 radical (unpaired) electrons. The first-order valence-corrected chi connectivity index (χ1v) is 10.1. The van der Waals surface area contributed by atoms with E-state index in [0.29, 0.717) is 5.41 Å². The summed E-state index contributed by atoms with van der Waals surface area (Å²) in [5.41, 5.74) is 3.01. The van der Waals surface area contributed by atoms with Gasteiger partial charge in [0.15, 0.2) is 0 Å². The fourth-order valence-electron chi connectivity index (χ4n) is 3.77. The number of thiazole rings is 1. The largest absolute Gasteiger partial charge is 0.386 e. The number of halogens is 3. The molecule has 8 heteroatoms. The molecule has 0 saturated carbocycles. The molecule has 4 nitrogen and oxygen atoms in total. The van der Waals surface area contributed by atoms with Crippen LogP contribution in [0.2, 0.25) is 0 Å². The Morgan fingerprint density at radius 2 is 1.89 bits per heavy atom. The zero-order valence-electron chi connectivity index (χ0n) is 15.7. The third kappa shape index (κ3) is 5.12. The van der Waals surface area contributed by atoms with Gasteiger partial charge in [0.1, 0.15) is 0 Å². The van der Waals surface area contributed by atoms with Gasteiger partial charge in [0, 0.05) is 51.6 Å². The van der Waals surface area contributed by atoms with Gasteiger partial charge in [-0.15, -0.1) is 0 Å². The number of hydrogen-bond donors (Lipinski definition) is 1. The van der Waals surface area contributed by atoms with E-state index in [1.54, 1.807) is 0 Å². The summed E-state index contributed by atoms with van der Waals surface area (Å²) in [7, 11) is 0. The van der Waals surface area contributed by atoms with E-state index in [-0.39, 0.29) is 11.8 Å². The number of fused-ring (bicyclic) bond motifs is 1. The number of benzene rings is 1. The van der Waals surface area contributed by atoms with Crippen LogP contribution >= 0.6 is 11.3 Å². The molecular weight excluding hydrogens is 375 g/mol. The maximum absolute atomic E-state index is 12.3. The fraction of sp³-hybridized carbons (Fsp3) is 0.632. The average Bonchev–Trinajstić information content (AvgIpc) is 2.78. The molecule has 27 heavy (non-hydrogen) atoms. The molecule has 4 rings (SSSR count). The molecule has 1 N–H and O–H groups in total. The van der Waals surface area contributed by atoms with E-state index < -0.39 is 6.18 Å². The second-order valence-corrected chi connectivity index (χ2v) is 8.66. The van der Waals surface area contributed by atoms with Crippen molar-refractivity contribution in [3.63, 3.8) is 0 Å². The van der Waals surface area contributed by atoms with Gasteiger partial charge < -0.3 is 10.2 Å². The molecule has 2 saturated heterocycles. The zero-order valence-corrected chi connectivity index (χ0v) is 16.6. The van der Waals surface area contributed by atoms with Gasteiger partial charge in [-0.3, -0.25) is 9.36 Å². The smallest absolute Gasteiger partial charge is 0.315 e. The Kier molecular flexibility index (Phi) is 5.98. The Morgan fingerprint density at radius 3 is 2.44 bits per heavy atom. The summed E-state index contributed by atoms with van der Waals surface area (Å²) in [6.45, 7) is 8.91. The van der Waals surface area contributed by atoms with Crippen LogP contribution in [0.15, 0.2) is 23.0 Å². The molecule has 2 aliphatic heterocycles. The quantitative estimate of drug-likeness (QED) is 0.833. The monoisotopic (exact) mass is 401 g/mol. The summed E-state index contributed by atoms with van der Waals surface area (Å²) in [6, 6.07) is 6.50. The van der Waals surface area contributed by atoms with Gasteiger partial charge in [0.2, 0.25) is 0 Å². The Balaban J connectivity index is 0.000000376. The minimum Gasteiger partial charge on any atom is -0.315 e. The van der Waals surface area contributed by atoms with Crippen molar-refractivity contribution < 1.29 is 13.2 Å². The Hall–Kier alpha value is -1.38. The number of alkyl halides is 3. The van der Waals surface area contributed by atoms with Crippen LogP contribution in [-0.2, 0) is 13.0 Å². The van der Waals surface area contributed by atoms with Crippen LogP contribution in [0.1, 0.15) is 25.8 Å². The van der Waals surface area contributed by atoms with Crippen molar-refractivity contribution in [3.8, 4) is 0 Å². The van der Waals surface area contributed by atoms with Gasteiger partial charge in [-0.2, -0.15) is 13.2 Å². The van der Waals surface area contributed by atoms with Crippen LogP contribution in [-0.4, -0.2) is 48.4 Å². The second kappa shape index (κ2) is 7.93. The molecule has 3 heterocycles. The first-order valence-electron chi connectivity index (χ1n) is 9.31. The summed E-state index contributed by atoms with van der Waals surface area (Å²) in [5, 5.41) is 3.36. The van der Waals surface area contributed by atoms with Crippen LogP contribution in [0.4, 0.5) is 13.2 Å². The molecule has 0 amide bonds. The summed E-state index contributed by atoms with van der Waals surface area (Å²) in [6.07, 6.45) is -1.77. The normalized spacial score (nSPS) is 18.7. The van der Waals surface area contributed by atoms with Crippen molar-refractivity contribution >= 4 is 21.6 Å². The van der Waals surface area contributed by atoms with Crippen molar-refractivity contribution in [1.82, 2.24) is 14.8 Å². The van der Waals surface area contributed by atoms with Gasteiger partial charge in [-0.25, -0.2) is 0 Å². The first kappa shape index (κ1) is 20.4. The van der Waals surface area contributed by atoms with Gasteiger partial charge >= 0.3 is 11.0 Å². The van der Waals surface area contributed by atoms with E-state index in [9.17, 15) is 18.0 Å². The number of aryl methyl sites for hydroxylation is 1. The van der Waals surface area contributed by atoms with Crippen LogP contribution in [0.3, 0.4) is 0 Å². The van der Waals surface area contributed by atoms with Gasteiger partial charge in [0.05, 0.1) is 10.2 Å². The predicted octanol–water partition coefficient (Wildman–Crippen LogP) is 3.49. The standard InChI is InChI=1S/C17H23N3OS.C2H3F3/c1-2-3-13-4-5-14-15(8-13)22-16(21)20(14)7-6-19-11-17(12-19)9-18-10-17;1-2(3,4)5/h4-5,8,18H,2-3,6-7,9-12H2,1H3;1H3. The van der Waals surface area contributed by atoms with E-state index in [1.807, 2.05) is 4.57 Å². The fourth-order valence-corrected chi connectivity index (χ4v) is 4.75. The molecule has 0 atom stereocenters. The Labute approximate surface area is 161 Å². The molecule has 150 valence electrons. The summed E-state index contributed by atoms with van der Waals surface area (Å²) in [4.78, 5) is 14.9. The topological polar surface area (TPSA) is 37.3 Å². The maximum atomic E-state index is 12.3. The van der Waals surface area contributed by atoms with Crippen molar-refractivity contribution in [3.05, 3.63) is 33.4 Å². The Morgan fingerprint density at radius 1 is 1.22 bits per heavy atom. The number of likely N-dealkylation sites (tertiary alicyclic amines) is 1. The number of hydrogen-bond acceptors (Lipinski definition) is 4. The lowest BCUT2D eigenvalue weighted by Crippen LogP contribution is -2.71. The van der Waals surface area contributed by atoms with Crippen molar-refractivity contribution in [2.45, 2.75) is 39.4 Å². The lowest BCUT2D eigenvalue weighted by molar-refractivity contribution is -0.110. The van der Waals surface area contributed by atoms with Gasteiger partial charge in [-0.05, 0) is 24.1 Å². The van der Waals surface area contributed by atoms with E-state index in [1.165, 1.54) is 43.1 Å². The number of rotatable bonds is 5. The second-order valence-electron chi connectivity index (χ2n) is 7.67. The molecule has 1 aromatic carbocycles. The van der Waals surface area contributed by atoms with Crippen molar-refractivity contribution in [2.75, 3.05) is 32.7 Å². The highest BCUT2D eigenvalue weighted by molar-refractivity contribution is 7.16. The average molecular weight is 401 g/mol. The zero-order chi connectivity index (χ0) is 19.7. The number of aromatic nitrogens is 1. The van der Waals surface area contributed by atoms with E-state index in [4.69, 9.17) is 0 Å². The van der Waals surface area contributed by atoms with Crippen LogP contribution < -0.4 is 10.2 Å². The minimum absolute atomic E-state index is 0.184. The lowest BCUT2D eigenvalue weighted by atomic mass is 9.74. The molecule has 0 bridgehead atoms. The van der Waals surface area contributed by atoms with Gasteiger partial charge in [0.25, 0.3) is 0 Å². The highest BCUT2D eigenvalue weighted by atomic mass is 32.1. The van der Waals surface area contributed by atoms with Crippen LogP contribution in [0, 0.1) is 5.41 Å². The minimum atomic E-state index is -4.00. The summed E-state index contributed by atoms with van der Waals surface area (Å²) >= 11 is 1.39. The van der Waals surface area contributed by atoms with E-state index in [0.717, 1.165) is 36.1 Å². The number of nitrogens with zero attached hydrogens (tertiary/aromatic N) is 2. The molecular formula is C19H26F3N3OS. The number of nitrogens with one attached hydrogen (secondary N) is 1. The van der Waals surface area contributed by atoms with Crippen molar-refractivity contribution in [1.29, 1.82) is 0 Å². The molecule has 2 fully saturated rings. The molecule has 0 aliphatic carbocycles. The molecule has 1 spiro atoms. The highest BCUT2D eigenvalue weighted by Crippen LogP contribution is 2.33. The molecule has 1 aromatic heterocycles. The Bertz CT molecular complexity index is 825. The highest BCUT2D eigenvalue weighted by Gasteiger charge is 2.46. The van der Waals surface area contributed by atoms with Crippen molar-refractivity contribution in [2.24, 2.45) is 5.41 Å². The molecule has 2 aromatic rings. The molecule has 2 aliphatic rings. The van der Waals surface area contributed by atoms with E-state index in [2.05, 4.69) is 35.3 Å². The lowest BCUT2D eigenvalue weighted by Gasteiger charge is -2.56. The maximum Gasteiger partial charge on any atom is 0.386 e. The third-order valence-corrected chi connectivity index (χ3v) is 5.97. The SMILES string of the molecule is CC(F)(F)F.CCCc1ccc2c(c1)sc(=O)n2CCN1CC2(CNC2)C1. The van der Waals surface area contributed by atoms with Crippen LogP contribution in [0.5, 0.6) is 0 Å². The first-order chi connectivity index (χ1) is 12.7.